The third-order valence-corrected chi connectivity index (χ3v) is 6.26. The molecule has 0 amide bonds. The number of para-hydroxylation sites is 1. The van der Waals surface area contributed by atoms with Crippen LogP contribution in [0.1, 0.15) is 44.6 Å². The van der Waals surface area contributed by atoms with Crippen molar-refractivity contribution in [3.63, 3.8) is 0 Å². The number of nitrogens with zero attached hydrogens (tertiary/aromatic N) is 5. The van der Waals surface area contributed by atoms with Gasteiger partial charge in [0.1, 0.15) is 0 Å². The second kappa shape index (κ2) is 8.33. The highest BCUT2D eigenvalue weighted by Crippen LogP contribution is 2.25. The number of nitrogens with one attached hydrogen (secondary N) is 1. The second-order valence-electron chi connectivity index (χ2n) is 8.44. The summed E-state index contributed by atoms with van der Waals surface area (Å²) >= 11 is 0. The molecule has 2 heterocycles. The lowest BCUT2D eigenvalue weighted by Crippen LogP contribution is -3.15. The summed E-state index contributed by atoms with van der Waals surface area (Å²) in [5, 5.41) is 13.0. The van der Waals surface area contributed by atoms with Crippen molar-refractivity contribution in [3.05, 3.63) is 72.1 Å². The average molecular weight is 392 g/mol. The summed E-state index contributed by atoms with van der Waals surface area (Å²) in [6.07, 6.45) is 0.976. The minimum atomic E-state index is -0.114. The molecule has 1 aromatic heterocycles. The predicted octanol–water partition coefficient (Wildman–Crippen LogP) is 2.31. The minimum absolute atomic E-state index is 0.114. The number of anilines is 1. The van der Waals surface area contributed by atoms with Crippen LogP contribution in [-0.2, 0) is 5.54 Å². The van der Waals surface area contributed by atoms with E-state index in [1.165, 1.54) is 16.2 Å². The van der Waals surface area contributed by atoms with Gasteiger partial charge in [-0.2, -0.15) is 0 Å². The zero-order chi connectivity index (χ0) is 20.3. The van der Waals surface area contributed by atoms with Crippen molar-refractivity contribution in [1.29, 1.82) is 0 Å². The number of hydrogen-bond donors (Lipinski definition) is 1. The second-order valence-corrected chi connectivity index (χ2v) is 8.44. The monoisotopic (exact) mass is 391 g/mol. The molecular formula is C23H31N6+. The van der Waals surface area contributed by atoms with Gasteiger partial charge in [0, 0.05) is 11.3 Å². The van der Waals surface area contributed by atoms with Crippen molar-refractivity contribution >= 4 is 5.69 Å². The summed E-state index contributed by atoms with van der Waals surface area (Å²) in [6.45, 7) is 10.8. The van der Waals surface area contributed by atoms with Gasteiger partial charge in [0.15, 0.2) is 6.04 Å². The molecule has 1 aliphatic rings. The van der Waals surface area contributed by atoms with Gasteiger partial charge in [-0.05, 0) is 42.8 Å². The molecule has 0 aliphatic carbocycles. The Balaban J connectivity index is 1.63. The summed E-state index contributed by atoms with van der Waals surface area (Å²) in [7, 11) is 0. The molecule has 1 saturated heterocycles. The maximum Gasteiger partial charge on any atom is 0.214 e. The lowest BCUT2D eigenvalue weighted by Gasteiger charge is -2.38. The number of aromatic nitrogens is 4. The summed E-state index contributed by atoms with van der Waals surface area (Å²) in [5.41, 5.74) is 2.47. The Morgan fingerprint density at radius 2 is 1.59 bits per heavy atom. The SMILES string of the molecule is CCC(C)(C)n1nnnc1[C@@H](c1ccccc1)[NH+]1CCN(c2ccccc2)CC1. The fourth-order valence-electron chi connectivity index (χ4n) is 4.15. The van der Waals surface area contributed by atoms with Gasteiger partial charge in [0.25, 0.3) is 0 Å². The number of rotatable bonds is 6. The first kappa shape index (κ1) is 19.6. The molecule has 2 aromatic carbocycles. The zero-order valence-electron chi connectivity index (χ0n) is 17.6. The van der Waals surface area contributed by atoms with Crippen LogP contribution in [0.3, 0.4) is 0 Å². The fraction of sp³-hybridized carbons (Fsp3) is 0.435. The number of quaternary nitrogens is 1. The van der Waals surface area contributed by atoms with E-state index in [1.807, 2.05) is 4.68 Å². The van der Waals surface area contributed by atoms with Gasteiger partial charge in [-0.25, -0.2) is 4.68 Å². The van der Waals surface area contributed by atoms with Crippen molar-refractivity contribution < 1.29 is 4.90 Å². The molecule has 1 fully saturated rings. The molecule has 6 heteroatoms. The van der Waals surface area contributed by atoms with Crippen LogP contribution >= 0.6 is 0 Å². The summed E-state index contributed by atoms with van der Waals surface area (Å²) in [6, 6.07) is 21.5. The summed E-state index contributed by atoms with van der Waals surface area (Å²) < 4.78 is 2.04. The van der Waals surface area contributed by atoms with Gasteiger partial charge in [0.2, 0.25) is 5.82 Å². The molecule has 4 rings (SSSR count). The third kappa shape index (κ3) is 4.03. The molecule has 6 nitrogen and oxygen atoms in total. The molecule has 1 atom stereocenters. The van der Waals surface area contributed by atoms with Crippen LogP contribution in [0.2, 0.25) is 0 Å². The predicted molar refractivity (Wildman–Crippen MR) is 115 cm³/mol. The van der Waals surface area contributed by atoms with Crippen LogP contribution in [0.4, 0.5) is 5.69 Å². The first-order valence-electron chi connectivity index (χ1n) is 10.6. The molecular weight excluding hydrogens is 360 g/mol. The quantitative estimate of drug-likeness (QED) is 0.701. The van der Waals surface area contributed by atoms with Crippen molar-refractivity contribution in [2.75, 3.05) is 31.1 Å². The Labute approximate surface area is 173 Å². The Morgan fingerprint density at radius 3 is 2.21 bits per heavy atom. The molecule has 0 bridgehead atoms. The highest BCUT2D eigenvalue weighted by atomic mass is 15.6. The molecule has 1 aliphatic heterocycles. The number of tetrazole rings is 1. The van der Waals surface area contributed by atoms with Crippen LogP contribution in [0, 0.1) is 0 Å². The van der Waals surface area contributed by atoms with Crippen LogP contribution < -0.4 is 9.80 Å². The highest BCUT2D eigenvalue weighted by molar-refractivity contribution is 5.46. The molecule has 0 unspecified atom stereocenters. The molecule has 0 radical (unpaired) electrons. The van der Waals surface area contributed by atoms with E-state index < -0.39 is 0 Å². The number of piperazine rings is 1. The summed E-state index contributed by atoms with van der Waals surface area (Å²) in [5.74, 6) is 0.964. The zero-order valence-corrected chi connectivity index (χ0v) is 17.6. The highest BCUT2D eigenvalue weighted by Gasteiger charge is 2.36. The van der Waals surface area contributed by atoms with Gasteiger partial charge in [-0.1, -0.05) is 55.5 Å². The smallest absolute Gasteiger partial charge is 0.214 e. The molecule has 0 saturated carbocycles. The number of hydrogen-bond acceptors (Lipinski definition) is 4. The Bertz CT molecular complexity index is 897. The van der Waals surface area contributed by atoms with E-state index in [4.69, 9.17) is 0 Å². The van der Waals surface area contributed by atoms with Crippen molar-refractivity contribution in [1.82, 2.24) is 20.2 Å². The van der Waals surface area contributed by atoms with Crippen LogP contribution in [0.25, 0.3) is 0 Å². The van der Waals surface area contributed by atoms with Crippen molar-refractivity contribution in [3.8, 4) is 0 Å². The molecule has 3 aromatic rings. The van der Waals surface area contributed by atoms with E-state index in [9.17, 15) is 0 Å². The minimum Gasteiger partial charge on any atom is -0.360 e. The fourth-order valence-corrected chi connectivity index (χ4v) is 4.15. The Kier molecular flexibility index (Phi) is 5.62. The Hall–Kier alpha value is -2.73. The number of benzene rings is 2. The lowest BCUT2D eigenvalue weighted by molar-refractivity contribution is -0.927. The average Bonchev–Trinajstić information content (AvgIpc) is 3.26. The van der Waals surface area contributed by atoms with Crippen LogP contribution in [-0.4, -0.2) is 46.4 Å². The molecule has 0 spiro atoms. The van der Waals surface area contributed by atoms with Gasteiger partial charge in [-0.15, -0.1) is 5.10 Å². The van der Waals surface area contributed by atoms with E-state index in [0.717, 1.165) is 38.4 Å². The first-order valence-corrected chi connectivity index (χ1v) is 10.6. The van der Waals surface area contributed by atoms with Crippen LogP contribution in [0.5, 0.6) is 0 Å². The maximum atomic E-state index is 4.53. The van der Waals surface area contributed by atoms with Crippen LogP contribution in [0.15, 0.2) is 60.7 Å². The van der Waals surface area contributed by atoms with E-state index in [1.54, 1.807) is 0 Å². The first-order chi connectivity index (χ1) is 14.1. The van der Waals surface area contributed by atoms with Gasteiger partial charge in [0.05, 0.1) is 31.7 Å². The van der Waals surface area contributed by atoms with E-state index in [0.29, 0.717) is 0 Å². The normalized spacial score (nSPS) is 16.7. The van der Waals surface area contributed by atoms with E-state index >= 15 is 0 Å². The van der Waals surface area contributed by atoms with Crippen molar-refractivity contribution in [2.45, 2.75) is 38.8 Å². The van der Waals surface area contributed by atoms with Gasteiger partial charge in [-0.3, -0.25) is 0 Å². The maximum absolute atomic E-state index is 4.53. The summed E-state index contributed by atoms with van der Waals surface area (Å²) in [4.78, 5) is 4.00. The topological polar surface area (TPSA) is 51.3 Å². The van der Waals surface area contributed by atoms with E-state index in [2.05, 4.69) is 102 Å². The van der Waals surface area contributed by atoms with Gasteiger partial charge >= 0.3 is 0 Å². The molecule has 1 N–H and O–H groups in total. The van der Waals surface area contributed by atoms with Gasteiger partial charge < -0.3 is 9.80 Å². The lowest BCUT2D eigenvalue weighted by atomic mass is 9.99. The van der Waals surface area contributed by atoms with E-state index in [-0.39, 0.29) is 11.6 Å². The third-order valence-electron chi connectivity index (χ3n) is 6.26. The Morgan fingerprint density at radius 1 is 0.966 bits per heavy atom. The standard InChI is InChI=1S/C23H30N6/c1-4-23(2,3)29-22(24-25-26-29)21(19-11-7-5-8-12-19)28-17-15-27(16-18-28)20-13-9-6-10-14-20/h5-14,21H,4,15-18H2,1-3H3/p+1/t21-/m1/s1. The molecule has 152 valence electrons. The largest absolute Gasteiger partial charge is 0.360 e. The molecule has 29 heavy (non-hydrogen) atoms. The van der Waals surface area contributed by atoms with Crippen molar-refractivity contribution in [2.24, 2.45) is 0 Å².